The van der Waals surface area contributed by atoms with E-state index in [1.165, 1.54) is 12.1 Å². The molecule has 2 rings (SSSR count). The van der Waals surface area contributed by atoms with Crippen molar-refractivity contribution in [3.63, 3.8) is 0 Å². The van der Waals surface area contributed by atoms with E-state index in [2.05, 4.69) is 0 Å². The van der Waals surface area contributed by atoms with Gasteiger partial charge in [0, 0.05) is 11.1 Å². The van der Waals surface area contributed by atoms with Gasteiger partial charge in [0.2, 0.25) is 5.91 Å². The van der Waals surface area contributed by atoms with Crippen LogP contribution in [0.5, 0.6) is 5.75 Å². The molecule has 1 amide bonds. The monoisotopic (exact) mass is 259 g/mol. The molecule has 0 radical (unpaired) electrons. The average Bonchev–Trinajstić information content (AvgIpc) is 2.39. The largest absolute Gasteiger partial charge is 0.489 e. The quantitative estimate of drug-likeness (QED) is 0.917. The highest BCUT2D eigenvalue weighted by molar-refractivity contribution is 5.92. The molecule has 0 bridgehead atoms. The van der Waals surface area contributed by atoms with Crippen molar-refractivity contribution in [2.45, 2.75) is 13.5 Å². The number of benzene rings is 2. The Balaban J connectivity index is 2.07. The van der Waals surface area contributed by atoms with Crippen LogP contribution < -0.4 is 10.5 Å². The summed E-state index contributed by atoms with van der Waals surface area (Å²) in [7, 11) is 0. The Morgan fingerprint density at radius 2 is 1.89 bits per heavy atom. The predicted molar refractivity (Wildman–Crippen MR) is 70.4 cm³/mol. The van der Waals surface area contributed by atoms with Crippen LogP contribution in [-0.4, -0.2) is 5.91 Å². The van der Waals surface area contributed by atoms with Gasteiger partial charge in [0.1, 0.15) is 18.2 Å². The van der Waals surface area contributed by atoms with Gasteiger partial charge in [-0.3, -0.25) is 4.79 Å². The molecule has 0 atom stereocenters. The van der Waals surface area contributed by atoms with Crippen molar-refractivity contribution in [3.05, 3.63) is 65.0 Å². The number of hydrogen-bond acceptors (Lipinski definition) is 2. The number of aryl methyl sites for hydroxylation is 1. The van der Waals surface area contributed by atoms with E-state index < -0.39 is 11.7 Å². The number of carbonyl (C=O) groups is 1. The maximum Gasteiger partial charge on any atom is 0.248 e. The summed E-state index contributed by atoms with van der Waals surface area (Å²) in [6, 6.07) is 11.6. The highest BCUT2D eigenvalue weighted by Gasteiger charge is 2.07. The third kappa shape index (κ3) is 3.31. The van der Waals surface area contributed by atoms with Crippen LogP contribution in [0, 0.1) is 12.7 Å². The molecule has 0 saturated carbocycles. The molecule has 2 N–H and O–H groups in total. The molecule has 0 aliphatic rings. The van der Waals surface area contributed by atoms with Crippen LogP contribution in [0.2, 0.25) is 0 Å². The molecule has 98 valence electrons. The van der Waals surface area contributed by atoms with E-state index >= 15 is 0 Å². The van der Waals surface area contributed by atoms with Crippen LogP contribution >= 0.6 is 0 Å². The zero-order valence-electron chi connectivity index (χ0n) is 10.5. The maximum atomic E-state index is 13.7. The molecule has 0 spiro atoms. The molecule has 0 aliphatic carbocycles. The van der Waals surface area contributed by atoms with Crippen LogP contribution in [0.3, 0.4) is 0 Å². The Bertz CT molecular complexity index is 594. The molecule has 0 aliphatic heterocycles. The molecule has 2 aromatic carbocycles. The zero-order valence-corrected chi connectivity index (χ0v) is 10.5. The van der Waals surface area contributed by atoms with Crippen LogP contribution in [0.25, 0.3) is 0 Å². The number of primary amides is 1. The van der Waals surface area contributed by atoms with Gasteiger partial charge in [0.05, 0.1) is 0 Å². The molecule has 0 fully saturated rings. The lowest BCUT2D eigenvalue weighted by molar-refractivity contribution is 0.0999. The second kappa shape index (κ2) is 5.52. The van der Waals surface area contributed by atoms with Gasteiger partial charge in [-0.1, -0.05) is 23.8 Å². The van der Waals surface area contributed by atoms with E-state index in [9.17, 15) is 9.18 Å². The van der Waals surface area contributed by atoms with Crippen molar-refractivity contribution < 1.29 is 13.9 Å². The number of amides is 1. The third-order valence-corrected chi connectivity index (χ3v) is 2.75. The van der Waals surface area contributed by atoms with E-state index in [1.54, 1.807) is 0 Å². The van der Waals surface area contributed by atoms with Gasteiger partial charge in [0.25, 0.3) is 0 Å². The second-order valence-corrected chi connectivity index (χ2v) is 4.27. The minimum absolute atomic E-state index is 0.105. The lowest BCUT2D eigenvalue weighted by Gasteiger charge is -2.08. The molecular formula is C15H14FNO2. The van der Waals surface area contributed by atoms with E-state index in [4.69, 9.17) is 10.5 Å². The van der Waals surface area contributed by atoms with Gasteiger partial charge < -0.3 is 10.5 Å². The van der Waals surface area contributed by atoms with Crippen LogP contribution in [0.1, 0.15) is 21.5 Å². The Morgan fingerprint density at radius 3 is 2.47 bits per heavy atom. The molecule has 0 saturated heterocycles. The normalized spacial score (nSPS) is 10.2. The van der Waals surface area contributed by atoms with Crippen LogP contribution in [0.15, 0.2) is 42.5 Å². The van der Waals surface area contributed by atoms with Crippen molar-refractivity contribution in [3.8, 4) is 5.75 Å². The molecule has 0 heterocycles. The molecule has 2 aromatic rings. The topological polar surface area (TPSA) is 52.3 Å². The number of rotatable bonds is 4. The highest BCUT2D eigenvalue weighted by Crippen LogP contribution is 2.16. The summed E-state index contributed by atoms with van der Waals surface area (Å²) in [4.78, 5) is 10.9. The molecule has 4 heteroatoms. The smallest absolute Gasteiger partial charge is 0.248 e. The maximum absolute atomic E-state index is 13.7. The van der Waals surface area contributed by atoms with E-state index in [-0.39, 0.29) is 12.2 Å². The number of carbonyl (C=O) groups excluding carboxylic acids is 1. The Hall–Kier alpha value is -2.36. The minimum atomic E-state index is -0.648. The predicted octanol–water partition coefficient (Wildman–Crippen LogP) is 2.81. The van der Waals surface area contributed by atoms with Gasteiger partial charge in [-0.15, -0.1) is 0 Å². The Labute approximate surface area is 110 Å². The summed E-state index contributed by atoms with van der Waals surface area (Å²) in [5, 5.41) is 0. The minimum Gasteiger partial charge on any atom is -0.489 e. The van der Waals surface area contributed by atoms with Gasteiger partial charge in [-0.05, 0) is 31.2 Å². The second-order valence-electron chi connectivity index (χ2n) is 4.27. The molecule has 0 unspecified atom stereocenters. The summed E-state index contributed by atoms with van der Waals surface area (Å²) < 4.78 is 19.2. The van der Waals surface area contributed by atoms with E-state index in [1.807, 2.05) is 31.2 Å². The lowest BCUT2D eigenvalue weighted by atomic mass is 10.1. The highest BCUT2D eigenvalue weighted by atomic mass is 19.1. The fraction of sp³-hybridized carbons (Fsp3) is 0.133. The van der Waals surface area contributed by atoms with Crippen molar-refractivity contribution in [1.82, 2.24) is 0 Å². The average molecular weight is 259 g/mol. The Morgan fingerprint density at radius 1 is 1.21 bits per heavy atom. The van der Waals surface area contributed by atoms with Crippen molar-refractivity contribution in [2.24, 2.45) is 5.73 Å². The van der Waals surface area contributed by atoms with E-state index in [0.29, 0.717) is 11.3 Å². The summed E-state index contributed by atoms with van der Waals surface area (Å²) in [6.07, 6.45) is 0. The van der Waals surface area contributed by atoms with Gasteiger partial charge in [-0.2, -0.15) is 0 Å². The zero-order chi connectivity index (χ0) is 13.8. The summed E-state index contributed by atoms with van der Waals surface area (Å²) in [5.41, 5.74) is 6.73. The fourth-order valence-electron chi connectivity index (χ4n) is 1.61. The summed E-state index contributed by atoms with van der Waals surface area (Å²) in [5.74, 6) is -0.475. The first-order chi connectivity index (χ1) is 9.06. The van der Waals surface area contributed by atoms with Crippen molar-refractivity contribution >= 4 is 5.91 Å². The number of nitrogens with two attached hydrogens (primary N) is 1. The van der Waals surface area contributed by atoms with Gasteiger partial charge in [0.15, 0.2) is 0 Å². The van der Waals surface area contributed by atoms with Crippen molar-refractivity contribution in [1.29, 1.82) is 0 Å². The SMILES string of the molecule is Cc1ccc(OCc2ccc(C(N)=O)cc2F)cc1. The third-order valence-electron chi connectivity index (χ3n) is 2.75. The Kier molecular flexibility index (Phi) is 3.80. The van der Waals surface area contributed by atoms with E-state index in [0.717, 1.165) is 11.6 Å². The first kappa shape index (κ1) is 13.1. The van der Waals surface area contributed by atoms with Gasteiger partial charge in [-0.25, -0.2) is 4.39 Å². The van der Waals surface area contributed by atoms with Crippen molar-refractivity contribution in [2.75, 3.05) is 0 Å². The van der Waals surface area contributed by atoms with Gasteiger partial charge >= 0.3 is 0 Å². The first-order valence-electron chi connectivity index (χ1n) is 5.84. The first-order valence-corrected chi connectivity index (χ1v) is 5.84. The summed E-state index contributed by atoms with van der Waals surface area (Å²) in [6.45, 7) is 2.08. The number of hydrogen-bond donors (Lipinski definition) is 1. The molecule has 0 aromatic heterocycles. The molecule has 19 heavy (non-hydrogen) atoms. The molecular weight excluding hydrogens is 245 g/mol. The van der Waals surface area contributed by atoms with Crippen LogP contribution in [0.4, 0.5) is 4.39 Å². The number of ether oxygens (including phenoxy) is 1. The fourth-order valence-corrected chi connectivity index (χ4v) is 1.61. The van der Waals surface area contributed by atoms with Crippen LogP contribution in [-0.2, 0) is 6.61 Å². The lowest BCUT2D eigenvalue weighted by Crippen LogP contribution is -2.11. The standard InChI is InChI=1S/C15H14FNO2/c1-10-2-6-13(7-3-10)19-9-12-5-4-11(15(17)18)8-14(12)16/h2-8H,9H2,1H3,(H2,17,18). The number of halogens is 1. The molecule has 3 nitrogen and oxygen atoms in total. The summed E-state index contributed by atoms with van der Waals surface area (Å²) >= 11 is 0.